The summed E-state index contributed by atoms with van der Waals surface area (Å²) in [5, 5.41) is 3.36. The lowest BCUT2D eigenvalue weighted by Gasteiger charge is -2.03. The van der Waals surface area contributed by atoms with Crippen LogP contribution in [0.25, 0.3) is 0 Å². The lowest BCUT2D eigenvalue weighted by molar-refractivity contribution is 0.823. The molecule has 0 aliphatic rings. The minimum atomic E-state index is 0.483. The number of hydrogen-bond acceptors (Lipinski definition) is 3. The SMILES string of the molecule is NNC(=S)NCCCS. The quantitative estimate of drug-likeness (QED) is 0.152. The van der Waals surface area contributed by atoms with Crippen LogP contribution in [-0.2, 0) is 0 Å². The van der Waals surface area contributed by atoms with Crippen LogP contribution in [-0.4, -0.2) is 17.4 Å². The van der Waals surface area contributed by atoms with Crippen molar-refractivity contribution in [2.75, 3.05) is 12.3 Å². The van der Waals surface area contributed by atoms with Gasteiger partial charge in [0.25, 0.3) is 0 Å². The summed E-state index contributed by atoms with van der Waals surface area (Å²) in [5.41, 5.74) is 2.32. The number of thiol groups is 1. The number of hydrazine groups is 1. The third-order valence-corrected chi connectivity index (χ3v) is 1.33. The maximum Gasteiger partial charge on any atom is 0.180 e. The molecular weight excluding hydrogens is 154 g/mol. The van der Waals surface area contributed by atoms with Crippen molar-refractivity contribution in [3.05, 3.63) is 0 Å². The Morgan fingerprint density at radius 3 is 2.78 bits per heavy atom. The van der Waals surface area contributed by atoms with Gasteiger partial charge in [-0.3, -0.25) is 0 Å². The van der Waals surface area contributed by atoms with Gasteiger partial charge in [0.15, 0.2) is 5.11 Å². The van der Waals surface area contributed by atoms with E-state index in [1.165, 1.54) is 0 Å². The van der Waals surface area contributed by atoms with E-state index in [2.05, 4.69) is 23.4 Å². The Morgan fingerprint density at radius 2 is 2.33 bits per heavy atom. The lowest BCUT2D eigenvalue weighted by atomic mass is 10.5. The lowest BCUT2D eigenvalue weighted by Crippen LogP contribution is -2.40. The third-order valence-electron chi connectivity index (χ3n) is 0.752. The smallest absolute Gasteiger partial charge is 0.180 e. The van der Waals surface area contributed by atoms with Gasteiger partial charge in [0.05, 0.1) is 0 Å². The van der Waals surface area contributed by atoms with Crippen molar-refractivity contribution in [2.24, 2.45) is 5.84 Å². The van der Waals surface area contributed by atoms with Crippen LogP contribution in [0.1, 0.15) is 6.42 Å². The van der Waals surface area contributed by atoms with Gasteiger partial charge in [0.2, 0.25) is 0 Å². The number of hydrogen-bond donors (Lipinski definition) is 4. The number of nitrogens with one attached hydrogen (secondary N) is 2. The van der Waals surface area contributed by atoms with Gasteiger partial charge in [0, 0.05) is 6.54 Å². The van der Waals surface area contributed by atoms with Crippen molar-refractivity contribution in [3.63, 3.8) is 0 Å². The molecule has 0 bridgehead atoms. The molecule has 0 saturated carbocycles. The second-order valence-corrected chi connectivity index (χ2v) is 2.33. The molecule has 0 aromatic heterocycles. The van der Waals surface area contributed by atoms with E-state index in [1.807, 2.05) is 0 Å². The number of rotatable bonds is 3. The van der Waals surface area contributed by atoms with Gasteiger partial charge >= 0.3 is 0 Å². The van der Waals surface area contributed by atoms with Gasteiger partial charge in [-0.15, -0.1) is 0 Å². The largest absolute Gasteiger partial charge is 0.362 e. The van der Waals surface area contributed by atoms with Crippen LogP contribution >= 0.6 is 24.8 Å². The van der Waals surface area contributed by atoms with Crippen LogP contribution < -0.4 is 16.6 Å². The summed E-state index contributed by atoms with van der Waals surface area (Å²) < 4.78 is 0. The molecule has 0 atom stereocenters. The molecule has 0 radical (unpaired) electrons. The maximum atomic E-state index is 4.98. The third kappa shape index (κ3) is 5.88. The summed E-state index contributed by atoms with van der Waals surface area (Å²) in [6.07, 6.45) is 0.991. The van der Waals surface area contributed by atoms with E-state index in [4.69, 9.17) is 18.1 Å². The molecular formula is C4H11N3S2. The van der Waals surface area contributed by atoms with E-state index in [-0.39, 0.29) is 0 Å². The molecule has 0 aromatic rings. The fourth-order valence-electron chi connectivity index (χ4n) is 0.332. The Hall–Kier alpha value is 0. The summed E-state index contributed by atoms with van der Waals surface area (Å²) >= 11 is 8.71. The molecule has 0 rings (SSSR count). The summed E-state index contributed by atoms with van der Waals surface area (Å²) in [6, 6.07) is 0. The zero-order valence-corrected chi connectivity index (χ0v) is 6.77. The van der Waals surface area contributed by atoms with Crippen LogP contribution in [0, 0.1) is 0 Å². The monoisotopic (exact) mass is 165 g/mol. The average Bonchev–Trinajstić information content (AvgIpc) is 1.89. The highest BCUT2D eigenvalue weighted by molar-refractivity contribution is 7.80. The highest BCUT2D eigenvalue weighted by atomic mass is 32.1. The van der Waals surface area contributed by atoms with Gasteiger partial charge in [-0.25, -0.2) is 5.84 Å². The molecule has 0 fully saturated rings. The van der Waals surface area contributed by atoms with Crippen LogP contribution in [0.3, 0.4) is 0 Å². The fourth-order valence-corrected chi connectivity index (χ4v) is 0.592. The Labute approximate surface area is 65.8 Å². The maximum absolute atomic E-state index is 4.98. The van der Waals surface area contributed by atoms with Crippen molar-refractivity contribution in [1.82, 2.24) is 10.7 Å². The Morgan fingerprint density at radius 1 is 1.67 bits per heavy atom. The van der Waals surface area contributed by atoms with Crippen LogP contribution in [0.4, 0.5) is 0 Å². The molecule has 0 amide bonds. The second kappa shape index (κ2) is 6.12. The molecule has 0 unspecified atom stereocenters. The van der Waals surface area contributed by atoms with Crippen LogP contribution in [0.15, 0.2) is 0 Å². The van der Waals surface area contributed by atoms with Crippen molar-refractivity contribution < 1.29 is 0 Å². The van der Waals surface area contributed by atoms with E-state index in [0.29, 0.717) is 5.11 Å². The van der Waals surface area contributed by atoms with Crippen molar-refractivity contribution >= 4 is 30.0 Å². The van der Waals surface area contributed by atoms with E-state index in [1.54, 1.807) is 0 Å². The first-order valence-corrected chi connectivity index (χ1v) is 3.70. The molecule has 9 heavy (non-hydrogen) atoms. The van der Waals surface area contributed by atoms with Crippen molar-refractivity contribution in [1.29, 1.82) is 0 Å². The minimum absolute atomic E-state index is 0.483. The predicted molar refractivity (Wildman–Crippen MR) is 46.4 cm³/mol. The predicted octanol–water partition coefficient (Wildman–Crippen LogP) is -0.356. The second-order valence-electron chi connectivity index (χ2n) is 1.48. The number of nitrogens with two attached hydrogens (primary N) is 1. The first-order valence-electron chi connectivity index (χ1n) is 2.66. The minimum Gasteiger partial charge on any atom is -0.362 e. The first-order chi connectivity index (χ1) is 4.31. The molecule has 5 heteroatoms. The first kappa shape index (κ1) is 9.00. The highest BCUT2D eigenvalue weighted by Crippen LogP contribution is 1.79. The van der Waals surface area contributed by atoms with Crippen LogP contribution in [0.2, 0.25) is 0 Å². The summed E-state index contributed by atoms with van der Waals surface area (Å²) in [4.78, 5) is 0. The zero-order chi connectivity index (χ0) is 7.11. The van der Waals surface area contributed by atoms with Gasteiger partial charge in [0.1, 0.15) is 0 Å². The van der Waals surface area contributed by atoms with E-state index >= 15 is 0 Å². The van der Waals surface area contributed by atoms with E-state index < -0.39 is 0 Å². The topological polar surface area (TPSA) is 50.1 Å². The summed E-state index contributed by atoms with van der Waals surface area (Å²) in [6.45, 7) is 0.826. The Balaban J connectivity index is 2.97. The van der Waals surface area contributed by atoms with Gasteiger partial charge in [-0.2, -0.15) is 12.6 Å². The van der Waals surface area contributed by atoms with Gasteiger partial charge in [-0.1, -0.05) is 0 Å². The molecule has 0 aromatic carbocycles. The fraction of sp³-hybridized carbons (Fsp3) is 0.750. The Kier molecular flexibility index (Phi) is 6.12. The van der Waals surface area contributed by atoms with Gasteiger partial charge in [-0.05, 0) is 24.4 Å². The van der Waals surface area contributed by atoms with Crippen molar-refractivity contribution in [2.45, 2.75) is 6.42 Å². The molecule has 4 N–H and O–H groups in total. The molecule has 0 aliphatic carbocycles. The van der Waals surface area contributed by atoms with E-state index in [9.17, 15) is 0 Å². The normalized spacial score (nSPS) is 8.67. The molecule has 3 nitrogen and oxygen atoms in total. The molecule has 0 heterocycles. The summed E-state index contributed by atoms with van der Waals surface area (Å²) in [5.74, 6) is 5.84. The molecule has 54 valence electrons. The van der Waals surface area contributed by atoms with Crippen LogP contribution in [0.5, 0.6) is 0 Å². The average molecular weight is 165 g/mol. The molecule has 0 aliphatic heterocycles. The standard InChI is InChI=1S/C4H11N3S2/c5-7-4(9)6-2-1-3-8/h8H,1-3,5H2,(H2,6,7,9). The Bertz CT molecular complexity index is 85.9. The summed E-state index contributed by atoms with van der Waals surface area (Å²) in [7, 11) is 0. The highest BCUT2D eigenvalue weighted by Gasteiger charge is 1.87. The number of thiocarbonyl (C=S) groups is 1. The van der Waals surface area contributed by atoms with E-state index in [0.717, 1.165) is 18.7 Å². The molecule has 0 saturated heterocycles. The zero-order valence-electron chi connectivity index (χ0n) is 5.05. The van der Waals surface area contributed by atoms with Gasteiger partial charge < -0.3 is 10.7 Å². The van der Waals surface area contributed by atoms with Crippen molar-refractivity contribution in [3.8, 4) is 0 Å². The molecule has 0 spiro atoms.